The van der Waals surface area contributed by atoms with E-state index in [0.717, 1.165) is 17.8 Å². The maximum atomic E-state index is 12.3. The van der Waals surface area contributed by atoms with Crippen LogP contribution in [0, 0.1) is 0 Å². The second-order valence-corrected chi connectivity index (χ2v) is 3.92. The van der Waals surface area contributed by atoms with Gasteiger partial charge in [0.2, 0.25) is 0 Å². The lowest BCUT2D eigenvalue weighted by molar-refractivity contribution is -0.137. The van der Waals surface area contributed by atoms with Crippen molar-refractivity contribution in [2.75, 3.05) is 0 Å². The predicted molar refractivity (Wildman–Crippen MR) is 67.0 cm³/mol. The quantitative estimate of drug-likeness (QED) is 0.775. The van der Waals surface area contributed by atoms with Crippen LogP contribution in [0.5, 0.6) is 0 Å². The number of halogens is 3. The van der Waals surface area contributed by atoms with E-state index in [0.29, 0.717) is 5.69 Å². The highest BCUT2D eigenvalue weighted by molar-refractivity contribution is 5.79. The van der Waals surface area contributed by atoms with Gasteiger partial charge in [-0.05, 0) is 17.7 Å². The molecule has 2 nitrogen and oxygen atoms in total. The van der Waals surface area contributed by atoms with Crippen LogP contribution in [0.4, 0.5) is 13.2 Å². The first-order valence-corrected chi connectivity index (χ1v) is 5.63. The first-order valence-electron chi connectivity index (χ1n) is 5.63. The first-order chi connectivity index (χ1) is 9.05. The molecule has 0 unspecified atom stereocenters. The SMILES string of the molecule is FC(F)(F)c1ccc(CN=Cc2ccccc2)nc1. The van der Waals surface area contributed by atoms with Crippen LogP contribution in [0.3, 0.4) is 0 Å². The van der Waals surface area contributed by atoms with Gasteiger partial charge in [-0.2, -0.15) is 13.2 Å². The Bertz CT molecular complexity index is 545. The summed E-state index contributed by atoms with van der Waals surface area (Å²) < 4.78 is 37.0. The number of rotatable bonds is 3. The molecule has 0 spiro atoms. The van der Waals surface area contributed by atoms with Gasteiger partial charge in [0, 0.05) is 12.4 Å². The Hall–Kier alpha value is -2.17. The van der Waals surface area contributed by atoms with Gasteiger partial charge in [-0.3, -0.25) is 9.98 Å². The van der Waals surface area contributed by atoms with Crippen molar-refractivity contribution in [1.82, 2.24) is 4.98 Å². The predicted octanol–water partition coefficient (Wildman–Crippen LogP) is 3.72. The van der Waals surface area contributed by atoms with Crippen molar-refractivity contribution in [3.63, 3.8) is 0 Å². The van der Waals surface area contributed by atoms with Crippen molar-refractivity contribution in [2.24, 2.45) is 4.99 Å². The van der Waals surface area contributed by atoms with Gasteiger partial charge < -0.3 is 0 Å². The minimum absolute atomic E-state index is 0.257. The van der Waals surface area contributed by atoms with E-state index in [1.807, 2.05) is 30.3 Å². The summed E-state index contributed by atoms with van der Waals surface area (Å²) in [6, 6.07) is 11.8. The number of benzene rings is 1. The first kappa shape index (κ1) is 13.3. The lowest BCUT2D eigenvalue weighted by atomic mass is 10.2. The summed E-state index contributed by atoms with van der Waals surface area (Å²) in [5.74, 6) is 0. The second kappa shape index (κ2) is 5.65. The van der Waals surface area contributed by atoms with Crippen molar-refractivity contribution in [3.8, 4) is 0 Å². The average Bonchev–Trinajstić information content (AvgIpc) is 2.39. The number of pyridine rings is 1. The van der Waals surface area contributed by atoms with E-state index in [1.54, 1.807) is 6.21 Å². The Kier molecular flexibility index (Phi) is 3.94. The number of aromatic nitrogens is 1. The highest BCUT2D eigenvalue weighted by Gasteiger charge is 2.30. The standard InChI is InChI=1S/C14H11F3N2/c15-14(16,17)12-6-7-13(19-9-12)10-18-8-11-4-2-1-3-5-11/h1-9H,10H2. The Labute approximate surface area is 108 Å². The van der Waals surface area contributed by atoms with Gasteiger partial charge in [0.1, 0.15) is 0 Å². The molecule has 0 bridgehead atoms. The molecule has 0 aliphatic rings. The third-order valence-electron chi connectivity index (χ3n) is 2.45. The maximum Gasteiger partial charge on any atom is 0.417 e. The van der Waals surface area contributed by atoms with E-state index in [1.165, 1.54) is 6.07 Å². The smallest absolute Gasteiger partial charge is 0.286 e. The molecule has 0 aliphatic heterocycles. The Morgan fingerprint density at radius 1 is 1.05 bits per heavy atom. The van der Waals surface area contributed by atoms with Gasteiger partial charge in [-0.1, -0.05) is 30.3 Å². The monoisotopic (exact) mass is 264 g/mol. The molecule has 0 atom stereocenters. The van der Waals surface area contributed by atoms with Gasteiger partial charge in [0.25, 0.3) is 0 Å². The summed E-state index contributed by atoms with van der Waals surface area (Å²) in [4.78, 5) is 7.88. The maximum absolute atomic E-state index is 12.3. The minimum Gasteiger partial charge on any atom is -0.286 e. The molecule has 0 saturated carbocycles. The number of aliphatic imine (C=N–C) groups is 1. The largest absolute Gasteiger partial charge is 0.417 e. The normalized spacial score (nSPS) is 11.9. The zero-order valence-electron chi connectivity index (χ0n) is 9.93. The number of hydrogen-bond acceptors (Lipinski definition) is 2. The van der Waals surface area contributed by atoms with Crippen molar-refractivity contribution < 1.29 is 13.2 Å². The summed E-state index contributed by atoms with van der Waals surface area (Å²) in [5.41, 5.74) is 0.692. The fraction of sp³-hybridized carbons (Fsp3) is 0.143. The topological polar surface area (TPSA) is 25.2 Å². The van der Waals surface area contributed by atoms with Gasteiger partial charge in [-0.25, -0.2) is 0 Å². The van der Waals surface area contributed by atoms with Gasteiger partial charge in [-0.15, -0.1) is 0 Å². The van der Waals surface area contributed by atoms with E-state index < -0.39 is 11.7 Å². The van der Waals surface area contributed by atoms with E-state index in [2.05, 4.69) is 9.98 Å². The number of nitrogens with zero attached hydrogens (tertiary/aromatic N) is 2. The third-order valence-corrected chi connectivity index (χ3v) is 2.45. The fourth-order valence-electron chi connectivity index (χ4n) is 1.47. The molecular formula is C14H11F3N2. The Morgan fingerprint density at radius 3 is 2.37 bits per heavy atom. The van der Waals surface area contributed by atoms with Crippen molar-refractivity contribution >= 4 is 6.21 Å². The van der Waals surface area contributed by atoms with Crippen molar-refractivity contribution in [2.45, 2.75) is 12.7 Å². The van der Waals surface area contributed by atoms with Crippen molar-refractivity contribution in [1.29, 1.82) is 0 Å². The van der Waals surface area contributed by atoms with Crippen LogP contribution in [0.2, 0.25) is 0 Å². The molecule has 0 aliphatic carbocycles. The number of alkyl halides is 3. The second-order valence-electron chi connectivity index (χ2n) is 3.92. The highest BCUT2D eigenvalue weighted by atomic mass is 19.4. The summed E-state index contributed by atoms with van der Waals surface area (Å²) in [6.07, 6.45) is -1.86. The molecule has 1 aromatic heterocycles. The molecule has 1 heterocycles. The molecule has 5 heteroatoms. The van der Waals surface area contributed by atoms with E-state index in [-0.39, 0.29) is 6.54 Å². The Balaban J connectivity index is 1.99. The molecule has 0 saturated heterocycles. The van der Waals surface area contributed by atoms with Gasteiger partial charge in [0.15, 0.2) is 0 Å². The Morgan fingerprint density at radius 2 is 1.79 bits per heavy atom. The summed E-state index contributed by atoms with van der Waals surface area (Å²) >= 11 is 0. The molecule has 1 aromatic carbocycles. The van der Waals surface area contributed by atoms with Crippen LogP contribution < -0.4 is 0 Å². The molecule has 2 rings (SSSR count). The third kappa shape index (κ3) is 3.91. The molecular weight excluding hydrogens is 253 g/mol. The summed E-state index contributed by atoms with van der Waals surface area (Å²) in [5, 5.41) is 0. The molecule has 0 radical (unpaired) electrons. The van der Waals surface area contributed by atoms with Crippen LogP contribution >= 0.6 is 0 Å². The summed E-state index contributed by atoms with van der Waals surface area (Å²) in [6.45, 7) is 0.257. The molecule has 0 amide bonds. The van der Waals surface area contributed by atoms with Crippen LogP contribution in [0.15, 0.2) is 53.7 Å². The van der Waals surface area contributed by atoms with Gasteiger partial charge >= 0.3 is 6.18 Å². The zero-order chi connectivity index (χ0) is 13.7. The minimum atomic E-state index is -4.35. The fourth-order valence-corrected chi connectivity index (χ4v) is 1.47. The molecule has 2 aromatic rings. The van der Waals surface area contributed by atoms with E-state index in [9.17, 15) is 13.2 Å². The zero-order valence-corrected chi connectivity index (χ0v) is 9.93. The van der Waals surface area contributed by atoms with E-state index in [4.69, 9.17) is 0 Å². The van der Waals surface area contributed by atoms with E-state index >= 15 is 0 Å². The van der Waals surface area contributed by atoms with Gasteiger partial charge in [0.05, 0.1) is 17.8 Å². The van der Waals surface area contributed by atoms with Crippen LogP contribution in [-0.4, -0.2) is 11.2 Å². The molecule has 0 N–H and O–H groups in total. The van der Waals surface area contributed by atoms with Crippen LogP contribution in [0.1, 0.15) is 16.8 Å². The van der Waals surface area contributed by atoms with Crippen LogP contribution in [0.25, 0.3) is 0 Å². The molecule has 19 heavy (non-hydrogen) atoms. The lowest BCUT2D eigenvalue weighted by Gasteiger charge is -2.05. The average molecular weight is 264 g/mol. The molecule has 98 valence electrons. The van der Waals surface area contributed by atoms with Crippen LogP contribution in [-0.2, 0) is 12.7 Å². The summed E-state index contributed by atoms with van der Waals surface area (Å²) in [7, 11) is 0. The van der Waals surface area contributed by atoms with Crippen molar-refractivity contribution in [3.05, 3.63) is 65.5 Å². The molecule has 0 fully saturated rings. The highest BCUT2D eigenvalue weighted by Crippen LogP contribution is 2.28. The number of hydrogen-bond donors (Lipinski definition) is 0. The lowest BCUT2D eigenvalue weighted by Crippen LogP contribution is -2.05.